The van der Waals surface area contributed by atoms with Crippen LogP contribution in [0.2, 0.25) is 0 Å². The highest BCUT2D eigenvalue weighted by molar-refractivity contribution is 5.64. The molecule has 3 heteroatoms. The van der Waals surface area contributed by atoms with Gasteiger partial charge in [0.25, 0.3) is 0 Å². The zero-order valence-corrected chi connectivity index (χ0v) is 5.59. The SMILES string of the molecule is [CH2]C(CC)COC(N)=O. The van der Waals surface area contributed by atoms with Gasteiger partial charge in [0, 0.05) is 0 Å². The molecule has 0 rings (SSSR count). The van der Waals surface area contributed by atoms with E-state index in [2.05, 4.69) is 11.7 Å². The third kappa shape index (κ3) is 5.14. The Kier molecular flexibility index (Phi) is 3.84. The first-order valence-electron chi connectivity index (χ1n) is 2.92. The van der Waals surface area contributed by atoms with Gasteiger partial charge >= 0.3 is 6.09 Å². The van der Waals surface area contributed by atoms with Gasteiger partial charge in [-0.05, 0) is 12.8 Å². The largest absolute Gasteiger partial charge is 0.449 e. The number of amides is 1. The Labute approximate surface area is 55.2 Å². The maximum absolute atomic E-state index is 9.99. The minimum absolute atomic E-state index is 0.164. The molecule has 53 valence electrons. The van der Waals surface area contributed by atoms with Crippen molar-refractivity contribution in [3.63, 3.8) is 0 Å². The van der Waals surface area contributed by atoms with Gasteiger partial charge in [-0.15, -0.1) is 0 Å². The van der Waals surface area contributed by atoms with Crippen molar-refractivity contribution in [1.82, 2.24) is 0 Å². The Hall–Kier alpha value is -0.730. The Bertz CT molecular complexity index is 93.1. The molecular weight excluding hydrogens is 118 g/mol. The topological polar surface area (TPSA) is 52.3 Å². The van der Waals surface area contributed by atoms with Crippen molar-refractivity contribution in [3.05, 3.63) is 6.92 Å². The summed E-state index contributed by atoms with van der Waals surface area (Å²) in [7, 11) is 0. The van der Waals surface area contributed by atoms with Crippen molar-refractivity contribution in [2.24, 2.45) is 11.7 Å². The Morgan fingerprint density at radius 2 is 2.44 bits per heavy atom. The van der Waals surface area contributed by atoms with Gasteiger partial charge < -0.3 is 10.5 Å². The standard InChI is InChI=1S/C6H12NO2/c1-3-5(2)4-9-6(7)8/h5H,2-4H2,1H3,(H2,7,8). The first-order chi connectivity index (χ1) is 4.16. The fraction of sp³-hybridized carbons (Fsp3) is 0.667. The summed E-state index contributed by atoms with van der Waals surface area (Å²) in [5.74, 6) is 0.164. The van der Waals surface area contributed by atoms with Gasteiger partial charge in [-0.2, -0.15) is 0 Å². The number of ether oxygens (including phenoxy) is 1. The highest BCUT2D eigenvalue weighted by atomic mass is 16.5. The first-order valence-corrected chi connectivity index (χ1v) is 2.92. The van der Waals surface area contributed by atoms with Crippen molar-refractivity contribution in [3.8, 4) is 0 Å². The summed E-state index contributed by atoms with van der Waals surface area (Å²) in [6, 6.07) is 0. The highest BCUT2D eigenvalue weighted by Gasteiger charge is 1.99. The first kappa shape index (κ1) is 8.27. The van der Waals surface area contributed by atoms with Crippen molar-refractivity contribution in [2.75, 3.05) is 6.61 Å². The van der Waals surface area contributed by atoms with Crippen LogP contribution < -0.4 is 5.73 Å². The number of hydrogen-bond acceptors (Lipinski definition) is 2. The lowest BCUT2D eigenvalue weighted by Gasteiger charge is -2.05. The Morgan fingerprint density at radius 3 is 2.78 bits per heavy atom. The van der Waals surface area contributed by atoms with Crippen LogP contribution in [0.1, 0.15) is 13.3 Å². The average Bonchev–Trinajstić information content (AvgIpc) is 1.83. The van der Waals surface area contributed by atoms with E-state index in [9.17, 15) is 4.79 Å². The molecule has 0 aromatic rings. The fourth-order valence-corrected chi connectivity index (χ4v) is 0.318. The van der Waals surface area contributed by atoms with E-state index in [0.717, 1.165) is 6.42 Å². The van der Waals surface area contributed by atoms with Gasteiger partial charge in [-0.25, -0.2) is 4.79 Å². The quantitative estimate of drug-likeness (QED) is 0.618. The molecule has 0 bridgehead atoms. The monoisotopic (exact) mass is 130 g/mol. The van der Waals surface area contributed by atoms with Crippen LogP contribution in [0.4, 0.5) is 4.79 Å². The summed E-state index contributed by atoms with van der Waals surface area (Å²) in [5, 5.41) is 0. The summed E-state index contributed by atoms with van der Waals surface area (Å²) in [5.41, 5.74) is 4.71. The van der Waals surface area contributed by atoms with Crippen molar-refractivity contribution in [1.29, 1.82) is 0 Å². The van der Waals surface area contributed by atoms with Crippen molar-refractivity contribution >= 4 is 6.09 Å². The second-order valence-corrected chi connectivity index (χ2v) is 1.90. The lowest BCUT2D eigenvalue weighted by molar-refractivity contribution is 0.143. The fourth-order valence-electron chi connectivity index (χ4n) is 0.318. The molecule has 1 amide bonds. The van der Waals surface area contributed by atoms with E-state index in [0.29, 0.717) is 6.61 Å². The van der Waals surface area contributed by atoms with Gasteiger partial charge in [0.1, 0.15) is 0 Å². The number of rotatable bonds is 3. The molecule has 1 unspecified atom stereocenters. The van der Waals surface area contributed by atoms with Gasteiger partial charge in [0.15, 0.2) is 0 Å². The van der Waals surface area contributed by atoms with Crippen LogP contribution in [0.3, 0.4) is 0 Å². The second kappa shape index (κ2) is 4.18. The number of carbonyl (C=O) groups excluding carboxylic acids is 1. The van der Waals surface area contributed by atoms with Crippen LogP contribution >= 0.6 is 0 Å². The molecule has 0 aliphatic carbocycles. The predicted octanol–water partition coefficient (Wildman–Crippen LogP) is 0.942. The Morgan fingerprint density at radius 1 is 1.89 bits per heavy atom. The molecule has 0 aliphatic rings. The number of hydrogen-bond donors (Lipinski definition) is 1. The normalized spacial score (nSPS) is 12.7. The number of carbonyl (C=O) groups is 1. The van der Waals surface area contributed by atoms with Gasteiger partial charge in [0.2, 0.25) is 0 Å². The maximum Gasteiger partial charge on any atom is 0.404 e. The van der Waals surface area contributed by atoms with Crippen LogP contribution in [0, 0.1) is 12.8 Å². The molecule has 0 aliphatic heterocycles. The summed E-state index contributed by atoms with van der Waals surface area (Å²) in [4.78, 5) is 9.99. The van der Waals surface area contributed by atoms with Gasteiger partial charge in [-0.3, -0.25) is 0 Å². The van der Waals surface area contributed by atoms with E-state index in [4.69, 9.17) is 5.73 Å². The minimum atomic E-state index is -0.725. The van der Waals surface area contributed by atoms with E-state index >= 15 is 0 Å². The number of nitrogens with two attached hydrogens (primary N) is 1. The molecule has 0 aromatic carbocycles. The van der Waals surface area contributed by atoms with E-state index in [1.165, 1.54) is 0 Å². The summed E-state index contributed by atoms with van der Waals surface area (Å²) in [6.45, 7) is 6.00. The molecule has 0 aromatic heterocycles. The van der Waals surface area contributed by atoms with Crippen LogP contribution in [-0.4, -0.2) is 12.7 Å². The molecule has 0 fully saturated rings. The van der Waals surface area contributed by atoms with Crippen LogP contribution in [0.5, 0.6) is 0 Å². The minimum Gasteiger partial charge on any atom is -0.449 e. The summed E-state index contributed by atoms with van der Waals surface area (Å²) in [6.07, 6.45) is 0.171. The lowest BCUT2D eigenvalue weighted by atomic mass is 10.1. The zero-order chi connectivity index (χ0) is 7.28. The van der Waals surface area contributed by atoms with Crippen molar-refractivity contribution in [2.45, 2.75) is 13.3 Å². The molecule has 9 heavy (non-hydrogen) atoms. The van der Waals surface area contributed by atoms with Gasteiger partial charge in [0.05, 0.1) is 6.61 Å². The van der Waals surface area contributed by atoms with E-state index in [-0.39, 0.29) is 5.92 Å². The van der Waals surface area contributed by atoms with E-state index in [1.807, 2.05) is 6.92 Å². The highest BCUT2D eigenvalue weighted by Crippen LogP contribution is 1.98. The Balaban J connectivity index is 3.16. The maximum atomic E-state index is 9.99. The van der Waals surface area contributed by atoms with Crippen molar-refractivity contribution < 1.29 is 9.53 Å². The smallest absolute Gasteiger partial charge is 0.404 e. The molecule has 0 saturated carbocycles. The number of primary amides is 1. The molecule has 1 atom stereocenters. The molecular formula is C6H12NO2. The third-order valence-electron chi connectivity index (χ3n) is 1.04. The molecule has 2 N–H and O–H groups in total. The molecule has 0 spiro atoms. The molecule has 0 saturated heterocycles. The molecule has 3 nitrogen and oxygen atoms in total. The molecule has 0 heterocycles. The average molecular weight is 130 g/mol. The molecule has 1 radical (unpaired) electrons. The van der Waals surface area contributed by atoms with E-state index < -0.39 is 6.09 Å². The lowest BCUT2D eigenvalue weighted by Crippen LogP contribution is -2.17. The third-order valence-corrected chi connectivity index (χ3v) is 1.04. The second-order valence-electron chi connectivity index (χ2n) is 1.90. The van der Waals surface area contributed by atoms with Crippen LogP contribution in [0.15, 0.2) is 0 Å². The van der Waals surface area contributed by atoms with Gasteiger partial charge in [-0.1, -0.05) is 13.3 Å². The summed E-state index contributed by atoms with van der Waals surface area (Å²) < 4.78 is 4.47. The predicted molar refractivity (Wildman–Crippen MR) is 34.7 cm³/mol. The zero-order valence-electron chi connectivity index (χ0n) is 5.59. The van der Waals surface area contributed by atoms with Crippen LogP contribution in [-0.2, 0) is 4.74 Å². The van der Waals surface area contributed by atoms with E-state index in [1.54, 1.807) is 0 Å². The summed E-state index contributed by atoms with van der Waals surface area (Å²) >= 11 is 0. The van der Waals surface area contributed by atoms with Crippen LogP contribution in [0.25, 0.3) is 0 Å².